The van der Waals surface area contributed by atoms with Gasteiger partial charge in [-0.3, -0.25) is 9.63 Å². The average Bonchev–Trinajstić information content (AvgIpc) is 3.06. The van der Waals surface area contributed by atoms with Crippen LogP contribution in [0.4, 0.5) is 4.39 Å². The summed E-state index contributed by atoms with van der Waals surface area (Å²) in [4.78, 5) is 16.8. The lowest BCUT2D eigenvalue weighted by Crippen LogP contribution is -2.22. The smallest absolute Gasteiger partial charge is 0.269 e. The predicted octanol–water partition coefficient (Wildman–Crippen LogP) is 3.36. The molecule has 0 aliphatic carbocycles. The first-order valence-corrected chi connectivity index (χ1v) is 9.81. The second-order valence-corrected chi connectivity index (χ2v) is 8.00. The van der Waals surface area contributed by atoms with Gasteiger partial charge < -0.3 is 0 Å². The van der Waals surface area contributed by atoms with E-state index in [9.17, 15) is 17.6 Å². The van der Waals surface area contributed by atoms with Crippen molar-refractivity contribution in [3.63, 3.8) is 0 Å². The van der Waals surface area contributed by atoms with Gasteiger partial charge in [-0.05, 0) is 31.2 Å². The molecule has 0 aliphatic rings. The number of para-hydroxylation sites is 1. The lowest BCUT2D eigenvalue weighted by atomic mass is 10.1. The van der Waals surface area contributed by atoms with Gasteiger partial charge in [-0.1, -0.05) is 29.8 Å². The van der Waals surface area contributed by atoms with Crippen LogP contribution in [-0.2, 0) is 19.7 Å². The third-order valence-electron chi connectivity index (χ3n) is 4.34. The zero-order valence-electron chi connectivity index (χ0n) is 15.6. The Balaban J connectivity index is 2.18. The van der Waals surface area contributed by atoms with Crippen LogP contribution >= 0.6 is 0 Å². The molecule has 0 fully saturated rings. The molecule has 0 saturated heterocycles. The van der Waals surface area contributed by atoms with Crippen LogP contribution in [0.25, 0.3) is 17.0 Å². The maximum Gasteiger partial charge on any atom is 0.269 e. The van der Waals surface area contributed by atoms with Crippen molar-refractivity contribution in [3.8, 4) is 0 Å². The first kappa shape index (κ1) is 19.8. The molecule has 0 bridgehead atoms. The van der Waals surface area contributed by atoms with Gasteiger partial charge in [-0.15, -0.1) is 0 Å². The molecule has 1 amide bonds. The second kappa shape index (κ2) is 7.57. The lowest BCUT2D eigenvalue weighted by molar-refractivity contribution is -0.162. The number of halogens is 1. The van der Waals surface area contributed by atoms with Crippen LogP contribution in [-0.4, -0.2) is 37.5 Å². The fraction of sp³-hybridized carbons (Fsp3) is 0.150. The number of hydroxylamine groups is 2. The van der Waals surface area contributed by atoms with Gasteiger partial charge in [-0.25, -0.2) is 21.8 Å². The standard InChI is InChI=1S/C20H19FN2O4S/c1-14-7-10-16(11-8-14)28(25,26)23-13-15(9-12-19(24)22(2)27-3)17-5-4-6-18(21)20(17)23/h4-13H,1-3H3/b12-9+. The fourth-order valence-electron chi connectivity index (χ4n) is 2.73. The summed E-state index contributed by atoms with van der Waals surface area (Å²) in [5, 5.41) is 1.39. The highest BCUT2D eigenvalue weighted by atomic mass is 32.2. The van der Waals surface area contributed by atoms with E-state index in [1.165, 1.54) is 56.8 Å². The molecule has 28 heavy (non-hydrogen) atoms. The summed E-state index contributed by atoms with van der Waals surface area (Å²) < 4.78 is 41.6. The van der Waals surface area contributed by atoms with Crippen LogP contribution in [0, 0.1) is 12.7 Å². The van der Waals surface area contributed by atoms with E-state index in [0.29, 0.717) is 10.9 Å². The van der Waals surface area contributed by atoms with Crippen LogP contribution < -0.4 is 0 Å². The van der Waals surface area contributed by atoms with Gasteiger partial charge in [0.25, 0.3) is 15.9 Å². The molecule has 8 heteroatoms. The van der Waals surface area contributed by atoms with Gasteiger partial charge in [0.05, 0.1) is 12.0 Å². The highest BCUT2D eigenvalue weighted by Gasteiger charge is 2.22. The van der Waals surface area contributed by atoms with E-state index >= 15 is 0 Å². The average molecular weight is 402 g/mol. The molecule has 146 valence electrons. The van der Waals surface area contributed by atoms with Crippen LogP contribution in [0.1, 0.15) is 11.1 Å². The van der Waals surface area contributed by atoms with E-state index in [1.807, 2.05) is 6.92 Å². The van der Waals surface area contributed by atoms with Crippen LogP contribution in [0.15, 0.2) is 59.6 Å². The van der Waals surface area contributed by atoms with E-state index in [-0.39, 0.29) is 10.4 Å². The predicted molar refractivity (Wildman–Crippen MR) is 104 cm³/mol. The zero-order valence-corrected chi connectivity index (χ0v) is 16.4. The summed E-state index contributed by atoms with van der Waals surface area (Å²) in [6, 6.07) is 10.6. The molecular formula is C20H19FN2O4S. The van der Waals surface area contributed by atoms with Crippen LogP contribution in [0.2, 0.25) is 0 Å². The number of rotatable bonds is 5. The number of carbonyl (C=O) groups is 1. The normalized spacial score (nSPS) is 12.0. The second-order valence-electron chi connectivity index (χ2n) is 6.19. The molecular weight excluding hydrogens is 383 g/mol. The van der Waals surface area contributed by atoms with Gasteiger partial charge in [0, 0.05) is 30.3 Å². The Morgan fingerprint density at radius 1 is 1.18 bits per heavy atom. The SMILES string of the molecule is CON(C)C(=O)/C=C/c1cn(S(=O)(=O)c2ccc(C)cc2)c2c(F)cccc12. The maximum atomic E-state index is 14.5. The van der Waals surface area contributed by atoms with Crippen LogP contribution in [0.5, 0.6) is 0 Å². The van der Waals surface area contributed by atoms with E-state index in [2.05, 4.69) is 0 Å². The Morgan fingerprint density at radius 2 is 1.86 bits per heavy atom. The number of hydrogen-bond acceptors (Lipinski definition) is 4. The Hall–Kier alpha value is -2.97. The van der Waals surface area contributed by atoms with E-state index in [4.69, 9.17) is 4.84 Å². The molecule has 3 aromatic rings. The quantitative estimate of drug-likeness (QED) is 0.485. The third-order valence-corrected chi connectivity index (χ3v) is 6.02. The molecule has 1 aromatic heterocycles. The maximum absolute atomic E-state index is 14.5. The van der Waals surface area contributed by atoms with Crippen molar-refractivity contribution in [2.24, 2.45) is 0 Å². The molecule has 0 atom stereocenters. The van der Waals surface area contributed by atoms with Crippen molar-refractivity contribution in [2.75, 3.05) is 14.2 Å². The number of fused-ring (bicyclic) bond motifs is 1. The van der Waals surface area contributed by atoms with E-state index in [1.54, 1.807) is 18.2 Å². The van der Waals surface area contributed by atoms with Gasteiger partial charge in [-0.2, -0.15) is 0 Å². The number of carbonyl (C=O) groups excluding carboxylic acids is 1. The highest BCUT2D eigenvalue weighted by Crippen LogP contribution is 2.29. The molecule has 0 saturated carbocycles. The van der Waals surface area contributed by atoms with Crippen molar-refractivity contribution in [1.82, 2.24) is 9.04 Å². The molecule has 1 heterocycles. The lowest BCUT2D eigenvalue weighted by Gasteiger charge is -2.09. The van der Waals surface area contributed by atoms with Crippen molar-refractivity contribution in [3.05, 3.63) is 71.7 Å². The fourth-order valence-corrected chi connectivity index (χ4v) is 4.12. The Morgan fingerprint density at radius 3 is 2.50 bits per heavy atom. The molecule has 2 aromatic carbocycles. The minimum Gasteiger partial charge on any atom is -0.274 e. The number of benzene rings is 2. The zero-order chi connectivity index (χ0) is 20.5. The first-order valence-electron chi connectivity index (χ1n) is 8.37. The Kier molecular flexibility index (Phi) is 5.35. The Bertz CT molecular complexity index is 1160. The van der Waals surface area contributed by atoms with Crippen molar-refractivity contribution >= 4 is 32.9 Å². The molecule has 0 aliphatic heterocycles. The summed E-state index contributed by atoms with van der Waals surface area (Å²) in [6.45, 7) is 1.85. The summed E-state index contributed by atoms with van der Waals surface area (Å²) in [5.41, 5.74) is 1.23. The van der Waals surface area contributed by atoms with Gasteiger partial charge in [0.2, 0.25) is 0 Å². The van der Waals surface area contributed by atoms with Crippen molar-refractivity contribution in [1.29, 1.82) is 0 Å². The van der Waals surface area contributed by atoms with Crippen molar-refractivity contribution < 1.29 is 22.4 Å². The molecule has 0 radical (unpaired) electrons. The largest absolute Gasteiger partial charge is 0.274 e. The number of aromatic nitrogens is 1. The molecule has 6 nitrogen and oxygen atoms in total. The molecule has 3 rings (SSSR count). The highest BCUT2D eigenvalue weighted by molar-refractivity contribution is 7.90. The minimum atomic E-state index is -4.02. The number of likely N-dealkylation sites (N-methyl/N-ethyl adjacent to an activating group) is 1. The minimum absolute atomic E-state index is 0.0453. The summed E-state index contributed by atoms with van der Waals surface area (Å²) >= 11 is 0. The Labute approximate surface area is 162 Å². The number of nitrogens with zero attached hydrogens (tertiary/aromatic N) is 2. The number of aryl methyl sites for hydroxylation is 1. The van der Waals surface area contributed by atoms with Gasteiger partial charge >= 0.3 is 0 Å². The molecule has 0 N–H and O–H groups in total. The summed E-state index contributed by atoms with van der Waals surface area (Å²) in [7, 11) is -1.23. The van der Waals surface area contributed by atoms with E-state index in [0.717, 1.165) is 14.6 Å². The number of amides is 1. The third kappa shape index (κ3) is 3.56. The number of hydrogen-bond donors (Lipinski definition) is 0. The van der Waals surface area contributed by atoms with Gasteiger partial charge in [0.15, 0.2) is 0 Å². The molecule has 0 spiro atoms. The van der Waals surface area contributed by atoms with Crippen molar-refractivity contribution in [2.45, 2.75) is 11.8 Å². The molecule has 0 unspecified atom stereocenters. The first-order chi connectivity index (χ1) is 13.3. The monoisotopic (exact) mass is 402 g/mol. The van der Waals surface area contributed by atoms with Gasteiger partial charge in [0.1, 0.15) is 11.3 Å². The van der Waals surface area contributed by atoms with E-state index < -0.39 is 21.7 Å². The topological polar surface area (TPSA) is 68.6 Å². The summed E-state index contributed by atoms with van der Waals surface area (Å²) in [6.07, 6.45) is 3.96. The van der Waals surface area contributed by atoms with Crippen LogP contribution in [0.3, 0.4) is 0 Å². The summed E-state index contributed by atoms with van der Waals surface area (Å²) in [5.74, 6) is -1.12.